The second-order valence-electron chi connectivity index (χ2n) is 7.60. The van der Waals surface area contributed by atoms with Crippen molar-refractivity contribution >= 4 is 5.91 Å². The van der Waals surface area contributed by atoms with Crippen molar-refractivity contribution in [3.63, 3.8) is 0 Å². The van der Waals surface area contributed by atoms with Crippen molar-refractivity contribution in [1.82, 2.24) is 29.2 Å². The molecule has 7 heteroatoms. The maximum atomic E-state index is 12.8. The Balaban J connectivity index is 1.39. The fourth-order valence-corrected chi connectivity index (χ4v) is 3.73. The van der Waals surface area contributed by atoms with Crippen LogP contribution in [0.2, 0.25) is 0 Å². The molecule has 4 heterocycles. The van der Waals surface area contributed by atoms with Crippen molar-refractivity contribution in [3.8, 4) is 0 Å². The van der Waals surface area contributed by atoms with Crippen LogP contribution >= 0.6 is 0 Å². The van der Waals surface area contributed by atoms with E-state index in [2.05, 4.69) is 33.5 Å². The number of nitrogens with zero attached hydrogens (tertiary/aromatic N) is 6. The van der Waals surface area contributed by atoms with Crippen LogP contribution in [0.25, 0.3) is 0 Å². The molecule has 0 aromatic carbocycles. The number of carbonyl (C=O) groups excluding carboxylic acids is 1. The maximum Gasteiger partial charge on any atom is 0.257 e. The van der Waals surface area contributed by atoms with Crippen LogP contribution in [0.15, 0.2) is 49.2 Å². The Morgan fingerprint density at radius 1 is 1.18 bits per heavy atom. The Hall–Kier alpha value is -2.96. The van der Waals surface area contributed by atoms with Gasteiger partial charge in [0.25, 0.3) is 5.91 Å². The summed E-state index contributed by atoms with van der Waals surface area (Å²) in [7, 11) is 0. The number of hydrogen-bond acceptors (Lipinski definition) is 4. The van der Waals surface area contributed by atoms with E-state index < -0.39 is 0 Å². The van der Waals surface area contributed by atoms with Crippen LogP contribution in [0.3, 0.4) is 0 Å². The predicted octanol–water partition coefficient (Wildman–Crippen LogP) is 3.12. The van der Waals surface area contributed by atoms with Crippen LogP contribution in [0.4, 0.5) is 0 Å². The monoisotopic (exact) mass is 378 g/mol. The highest BCUT2D eigenvalue weighted by Crippen LogP contribution is 2.28. The number of hydrogen-bond donors (Lipinski definition) is 0. The average Bonchev–Trinajstić information content (AvgIpc) is 3.38. The van der Waals surface area contributed by atoms with Gasteiger partial charge >= 0.3 is 0 Å². The van der Waals surface area contributed by atoms with E-state index in [4.69, 9.17) is 0 Å². The highest BCUT2D eigenvalue weighted by Gasteiger charge is 2.27. The standard InChI is InChI=1S/C21H26N6O/c1-16(2)27-14-18(13-24-27)21(28)25-10-6-17(7-11-25)20-23-9-12-26(20)15-19-5-3-4-8-22-19/h3-5,8-9,12-14,16-17H,6-7,10-11,15H2,1-2H3. The zero-order chi connectivity index (χ0) is 19.5. The number of carbonyl (C=O) groups is 1. The topological polar surface area (TPSA) is 68.8 Å². The van der Waals surface area contributed by atoms with Crippen LogP contribution in [0, 0.1) is 0 Å². The van der Waals surface area contributed by atoms with Gasteiger partial charge in [-0.2, -0.15) is 5.10 Å². The molecule has 146 valence electrons. The van der Waals surface area contributed by atoms with Crippen LogP contribution in [-0.4, -0.2) is 48.2 Å². The fraction of sp³-hybridized carbons (Fsp3) is 0.429. The van der Waals surface area contributed by atoms with Crippen molar-refractivity contribution in [3.05, 3.63) is 66.3 Å². The molecule has 28 heavy (non-hydrogen) atoms. The van der Waals surface area contributed by atoms with E-state index in [1.165, 1.54) is 0 Å². The summed E-state index contributed by atoms with van der Waals surface area (Å²) in [6.07, 6.45) is 11.1. The molecule has 1 aliphatic heterocycles. The van der Waals surface area contributed by atoms with E-state index in [1.54, 1.807) is 6.20 Å². The lowest BCUT2D eigenvalue weighted by Crippen LogP contribution is -2.38. The summed E-state index contributed by atoms with van der Waals surface area (Å²) in [6.45, 7) is 6.32. The van der Waals surface area contributed by atoms with Crippen molar-refractivity contribution in [2.24, 2.45) is 0 Å². The molecule has 0 bridgehead atoms. The Morgan fingerprint density at radius 3 is 2.68 bits per heavy atom. The summed E-state index contributed by atoms with van der Waals surface area (Å²) < 4.78 is 4.01. The zero-order valence-electron chi connectivity index (χ0n) is 16.4. The second-order valence-corrected chi connectivity index (χ2v) is 7.60. The van der Waals surface area contributed by atoms with Gasteiger partial charge in [-0.3, -0.25) is 14.5 Å². The highest BCUT2D eigenvalue weighted by molar-refractivity contribution is 5.93. The third-order valence-corrected chi connectivity index (χ3v) is 5.33. The van der Waals surface area contributed by atoms with Crippen molar-refractivity contribution in [1.29, 1.82) is 0 Å². The van der Waals surface area contributed by atoms with Gasteiger partial charge in [0.05, 0.1) is 24.0 Å². The van der Waals surface area contributed by atoms with Gasteiger partial charge in [-0.1, -0.05) is 6.07 Å². The summed E-state index contributed by atoms with van der Waals surface area (Å²) in [5.41, 5.74) is 1.69. The van der Waals surface area contributed by atoms with Gasteiger partial charge in [-0.05, 0) is 38.8 Å². The second kappa shape index (κ2) is 7.96. The number of aromatic nitrogens is 5. The third-order valence-electron chi connectivity index (χ3n) is 5.33. The molecule has 1 fully saturated rings. The Bertz CT molecular complexity index is 921. The molecule has 0 aliphatic carbocycles. The number of piperidine rings is 1. The minimum atomic E-state index is 0.0715. The van der Waals surface area contributed by atoms with E-state index in [0.29, 0.717) is 11.5 Å². The molecule has 1 saturated heterocycles. The Kier molecular flexibility index (Phi) is 5.23. The Labute approximate surface area is 165 Å². The first-order chi connectivity index (χ1) is 13.6. The number of pyridine rings is 1. The number of imidazole rings is 1. The summed E-state index contributed by atoms with van der Waals surface area (Å²) in [5, 5.41) is 4.29. The van der Waals surface area contributed by atoms with E-state index in [-0.39, 0.29) is 11.9 Å². The van der Waals surface area contributed by atoms with E-state index in [1.807, 2.05) is 52.6 Å². The van der Waals surface area contributed by atoms with Crippen molar-refractivity contribution < 1.29 is 4.79 Å². The first-order valence-corrected chi connectivity index (χ1v) is 9.86. The lowest BCUT2D eigenvalue weighted by atomic mass is 9.95. The molecular formula is C21H26N6O. The smallest absolute Gasteiger partial charge is 0.257 e. The third kappa shape index (κ3) is 3.83. The van der Waals surface area contributed by atoms with Crippen molar-refractivity contribution in [2.45, 2.75) is 45.2 Å². The van der Waals surface area contributed by atoms with Crippen LogP contribution in [0.1, 0.15) is 60.5 Å². The van der Waals surface area contributed by atoms with Crippen LogP contribution in [-0.2, 0) is 6.54 Å². The highest BCUT2D eigenvalue weighted by atomic mass is 16.2. The molecule has 0 spiro atoms. The predicted molar refractivity (Wildman–Crippen MR) is 106 cm³/mol. The van der Waals surface area contributed by atoms with Crippen LogP contribution in [0.5, 0.6) is 0 Å². The largest absolute Gasteiger partial charge is 0.339 e. The molecule has 0 radical (unpaired) electrons. The van der Waals surface area contributed by atoms with Crippen LogP contribution < -0.4 is 0 Å². The average molecular weight is 378 g/mol. The molecule has 1 aliphatic rings. The molecule has 0 saturated carbocycles. The minimum Gasteiger partial charge on any atom is -0.339 e. The van der Waals surface area contributed by atoms with Gasteiger partial charge in [-0.25, -0.2) is 4.98 Å². The summed E-state index contributed by atoms with van der Waals surface area (Å²) in [5.74, 6) is 1.52. The quantitative estimate of drug-likeness (QED) is 0.684. The van der Waals surface area contributed by atoms with E-state index in [9.17, 15) is 4.79 Å². The van der Waals surface area contributed by atoms with E-state index in [0.717, 1.165) is 44.0 Å². The van der Waals surface area contributed by atoms with E-state index >= 15 is 0 Å². The number of rotatable bonds is 5. The van der Waals surface area contributed by atoms with Crippen molar-refractivity contribution in [2.75, 3.05) is 13.1 Å². The molecule has 3 aromatic rings. The fourth-order valence-electron chi connectivity index (χ4n) is 3.73. The molecule has 0 N–H and O–H groups in total. The molecule has 0 atom stereocenters. The lowest BCUT2D eigenvalue weighted by Gasteiger charge is -2.31. The van der Waals surface area contributed by atoms with Gasteiger partial charge in [0.15, 0.2) is 0 Å². The number of amides is 1. The number of likely N-dealkylation sites (tertiary alicyclic amines) is 1. The molecule has 4 rings (SSSR count). The lowest BCUT2D eigenvalue weighted by molar-refractivity contribution is 0.0710. The minimum absolute atomic E-state index is 0.0715. The van der Waals surface area contributed by atoms with Gasteiger partial charge in [-0.15, -0.1) is 0 Å². The first kappa shape index (κ1) is 18.4. The van der Waals surface area contributed by atoms with Gasteiger partial charge < -0.3 is 9.47 Å². The van der Waals surface area contributed by atoms with Gasteiger partial charge in [0, 0.05) is 49.8 Å². The first-order valence-electron chi connectivity index (χ1n) is 9.86. The Morgan fingerprint density at radius 2 is 2.00 bits per heavy atom. The molecular weight excluding hydrogens is 352 g/mol. The molecule has 7 nitrogen and oxygen atoms in total. The van der Waals surface area contributed by atoms with Gasteiger partial charge in [0.2, 0.25) is 0 Å². The normalized spacial score (nSPS) is 15.3. The molecule has 0 unspecified atom stereocenters. The molecule has 3 aromatic heterocycles. The summed E-state index contributed by atoms with van der Waals surface area (Å²) >= 11 is 0. The maximum absolute atomic E-state index is 12.8. The zero-order valence-corrected chi connectivity index (χ0v) is 16.4. The summed E-state index contributed by atoms with van der Waals surface area (Å²) in [4.78, 5) is 23.7. The van der Waals surface area contributed by atoms with Gasteiger partial charge in [0.1, 0.15) is 5.82 Å². The molecule has 1 amide bonds. The summed E-state index contributed by atoms with van der Waals surface area (Å²) in [6, 6.07) is 6.22. The SMILES string of the molecule is CC(C)n1cc(C(=O)N2CCC(c3nccn3Cc3ccccn3)CC2)cn1.